The number of halogens is 3. The molecule has 0 unspecified atom stereocenters. The molecule has 0 aliphatic carbocycles. The number of Topliss-reactive ketones (excluding diaryl/α,β-unsaturated/α-hetero) is 1. The molecule has 1 aromatic heterocycles. The molecule has 0 spiro atoms. The molecule has 3 aromatic carbocycles. The predicted octanol–water partition coefficient (Wildman–Crippen LogP) is 6.13. The standard InChI is InChI=1S/C27H19F3N2O3/c28-27(29,30)24-9-5-4-6-19(24)12-20-17-35-25-13-22(10-11-23(25)26(20)33)34-16-18-14-31-32(15-18)21-7-2-1-3-8-21/h1-15H,16-17H2/b20-12-. The van der Waals surface area contributed by atoms with Gasteiger partial charge in [-0.05, 0) is 42.0 Å². The summed E-state index contributed by atoms with van der Waals surface area (Å²) in [5.74, 6) is 0.450. The summed E-state index contributed by atoms with van der Waals surface area (Å²) in [7, 11) is 0. The van der Waals surface area contributed by atoms with Gasteiger partial charge in [-0.1, -0.05) is 36.4 Å². The minimum atomic E-state index is -4.52. The molecule has 0 saturated heterocycles. The monoisotopic (exact) mass is 476 g/mol. The number of carbonyl (C=O) groups excluding carboxylic acids is 1. The van der Waals surface area contributed by atoms with Gasteiger partial charge in [0.15, 0.2) is 5.78 Å². The number of ketones is 1. The summed E-state index contributed by atoms with van der Waals surface area (Å²) < 4.78 is 53.2. The van der Waals surface area contributed by atoms with Gasteiger partial charge in [0.05, 0.1) is 23.0 Å². The van der Waals surface area contributed by atoms with E-state index in [0.29, 0.717) is 11.5 Å². The highest BCUT2D eigenvalue weighted by atomic mass is 19.4. The van der Waals surface area contributed by atoms with Gasteiger partial charge in [-0.2, -0.15) is 18.3 Å². The van der Waals surface area contributed by atoms with E-state index >= 15 is 0 Å². The zero-order valence-electron chi connectivity index (χ0n) is 18.3. The molecule has 35 heavy (non-hydrogen) atoms. The van der Waals surface area contributed by atoms with Gasteiger partial charge >= 0.3 is 6.18 Å². The largest absolute Gasteiger partial charge is 0.489 e. The van der Waals surface area contributed by atoms with Crippen molar-refractivity contribution in [3.8, 4) is 17.2 Å². The number of para-hydroxylation sites is 1. The maximum Gasteiger partial charge on any atom is 0.416 e. The normalized spacial score (nSPS) is 14.5. The Bertz CT molecular complexity index is 1410. The maximum atomic E-state index is 13.3. The third-order valence-electron chi connectivity index (χ3n) is 5.53. The number of rotatable bonds is 5. The van der Waals surface area contributed by atoms with E-state index in [2.05, 4.69) is 5.10 Å². The van der Waals surface area contributed by atoms with E-state index in [4.69, 9.17) is 9.47 Å². The van der Waals surface area contributed by atoms with E-state index in [1.165, 1.54) is 24.3 Å². The molecule has 4 aromatic rings. The molecule has 1 aliphatic rings. The Kier molecular flexibility index (Phi) is 5.86. The Hall–Kier alpha value is -4.33. The molecule has 8 heteroatoms. The van der Waals surface area contributed by atoms with Gasteiger partial charge in [-0.25, -0.2) is 4.68 Å². The van der Waals surface area contributed by atoms with Crippen LogP contribution in [0.15, 0.2) is 90.8 Å². The molecule has 0 fully saturated rings. The van der Waals surface area contributed by atoms with Crippen molar-refractivity contribution in [2.24, 2.45) is 0 Å². The lowest BCUT2D eigenvalue weighted by atomic mass is 9.96. The van der Waals surface area contributed by atoms with Crippen molar-refractivity contribution >= 4 is 11.9 Å². The number of hydrogen-bond donors (Lipinski definition) is 0. The fourth-order valence-corrected chi connectivity index (χ4v) is 3.79. The highest BCUT2D eigenvalue weighted by molar-refractivity contribution is 6.14. The van der Waals surface area contributed by atoms with Gasteiger partial charge in [0, 0.05) is 23.4 Å². The zero-order chi connectivity index (χ0) is 24.4. The summed E-state index contributed by atoms with van der Waals surface area (Å²) in [6.07, 6.45) is 0.293. The second kappa shape index (κ2) is 9.13. The highest BCUT2D eigenvalue weighted by Crippen LogP contribution is 2.35. The third-order valence-corrected chi connectivity index (χ3v) is 5.53. The summed E-state index contributed by atoms with van der Waals surface area (Å²) in [6, 6.07) is 19.6. The average Bonchev–Trinajstić information content (AvgIpc) is 3.34. The van der Waals surface area contributed by atoms with E-state index < -0.39 is 11.7 Å². The van der Waals surface area contributed by atoms with E-state index in [0.717, 1.165) is 17.3 Å². The van der Waals surface area contributed by atoms with Crippen LogP contribution in [0.2, 0.25) is 0 Å². The smallest absolute Gasteiger partial charge is 0.416 e. The van der Waals surface area contributed by atoms with Crippen LogP contribution in [0.25, 0.3) is 11.8 Å². The second-order valence-electron chi connectivity index (χ2n) is 7.95. The van der Waals surface area contributed by atoms with Crippen molar-refractivity contribution in [1.29, 1.82) is 0 Å². The minimum Gasteiger partial charge on any atom is -0.489 e. The number of carbonyl (C=O) groups is 1. The third kappa shape index (κ3) is 4.82. The maximum absolute atomic E-state index is 13.3. The first kappa shape index (κ1) is 22.5. The number of hydrogen-bond acceptors (Lipinski definition) is 4. The van der Waals surface area contributed by atoms with Gasteiger partial charge < -0.3 is 9.47 Å². The summed E-state index contributed by atoms with van der Waals surface area (Å²) >= 11 is 0. The Morgan fingerprint density at radius 3 is 2.60 bits per heavy atom. The van der Waals surface area contributed by atoms with Crippen molar-refractivity contribution in [2.75, 3.05) is 6.61 Å². The van der Waals surface area contributed by atoms with Gasteiger partial charge in [0.1, 0.15) is 24.7 Å². The van der Waals surface area contributed by atoms with Gasteiger partial charge in [-0.3, -0.25) is 4.79 Å². The van der Waals surface area contributed by atoms with Crippen LogP contribution >= 0.6 is 0 Å². The van der Waals surface area contributed by atoms with Gasteiger partial charge in [0.25, 0.3) is 0 Å². The molecule has 176 valence electrons. The van der Waals surface area contributed by atoms with Crippen LogP contribution in [0.5, 0.6) is 11.5 Å². The fraction of sp³-hybridized carbons (Fsp3) is 0.111. The fourth-order valence-electron chi connectivity index (χ4n) is 3.79. The summed E-state index contributed by atoms with van der Waals surface area (Å²) in [6.45, 7) is 0.129. The lowest BCUT2D eigenvalue weighted by Gasteiger charge is -2.20. The van der Waals surface area contributed by atoms with Gasteiger partial charge in [0.2, 0.25) is 0 Å². The van der Waals surface area contributed by atoms with E-state index in [-0.39, 0.29) is 35.7 Å². The average molecular weight is 476 g/mol. The quantitative estimate of drug-likeness (QED) is 0.325. The first-order chi connectivity index (χ1) is 16.9. The lowest BCUT2D eigenvalue weighted by molar-refractivity contribution is -0.137. The zero-order valence-corrected chi connectivity index (χ0v) is 18.3. The van der Waals surface area contributed by atoms with Gasteiger partial charge in [-0.15, -0.1) is 0 Å². The molecule has 0 bridgehead atoms. The number of nitrogens with zero attached hydrogens (tertiary/aromatic N) is 2. The molecule has 0 saturated carbocycles. The Balaban J connectivity index is 1.30. The molecule has 2 heterocycles. The molecular weight excluding hydrogens is 457 g/mol. The second-order valence-corrected chi connectivity index (χ2v) is 7.95. The Labute approximate surface area is 199 Å². The summed E-state index contributed by atoms with van der Waals surface area (Å²) in [5, 5.41) is 4.33. The van der Waals surface area contributed by atoms with E-state index in [9.17, 15) is 18.0 Å². The molecule has 5 rings (SSSR count). The van der Waals surface area contributed by atoms with Crippen LogP contribution in [0, 0.1) is 0 Å². The predicted molar refractivity (Wildman–Crippen MR) is 124 cm³/mol. The molecule has 0 atom stereocenters. The van der Waals surface area contributed by atoms with Crippen LogP contribution < -0.4 is 9.47 Å². The Morgan fingerprint density at radius 1 is 1.03 bits per heavy atom. The van der Waals surface area contributed by atoms with Crippen molar-refractivity contribution in [2.45, 2.75) is 12.8 Å². The summed E-state index contributed by atoms with van der Waals surface area (Å²) in [5.41, 5.74) is 1.34. The highest BCUT2D eigenvalue weighted by Gasteiger charge is 2.33. The number of fused-ring (bicyclic) bond motifs is 1. The Morgan fingerprint density at radius 2 is 1.80 bits per heavy atom. The molecule has 0 radical (unpaired) electrons. The summed E-state index contributed by atoms with van der Waals surface area (Å²) in [4.78, 5) is 12.9. The SMILES string of the molecule is O=C1/C(=C\c2ccccc2C(F)(F)F)COc2cc(OCc3cnn(-c4ccccc4)c3)ccc21. The number of alkyl halides is 3. The minimum absolute atomic E-state index is 0.0774. The first-order valence-corrected chi connectivity index (χ1v) is 10.8. The number of ether oxygens (including phenoxy) is 2. The van der Waals surface area contributed by atoms with Crippen LogP contribution in [0.1, 0.15) is 27.0 Å². The molecular formula is C27H19F3N2O3. The van der Waals surface area contributed by atoms with Crippen molar-refractivity contribution in [1.82, 2.24) is 9.78 Å². The van der Waals surface area contributed by atoms with Crippen LogP contribution in [0.4, 0.5) is 13.2 Å². The van der Waals surface area contributed by atoms with Crippen LogP contribution in [-0.2, 0) is 12.8 Å². The first-order valence-electron chi connectivity index (χ1n) is 10.8. The van der Waals surface area contributed by atoms with Crippen LogP contribution in [-0.4, -0.2) is 22.2 Å². The lowest BCUT2D eigenvalue weighted by Crippen LogP contribution is -2.19. The molecule has 0 amide bonds. The topological polar surface area (TPSA) is 53.4 Å². The number of benzene rings is 3. The van der Waals surface area contributed by atoms with E-state index in [1.54, 1.807) is 29.1 Å². The van der Waals surface area contributed by atoms with Crippen molar-refractivity contribution in [3.63, 3.8) is 0 Å². The van der Waals surface area contributed by atoms with Crippen LogP contribution in [0.3, 0.4) is 0 Å². The van der Waals surface area contributed by atoms with E-state index in [1.807, 2.05) is 36.5 Å². The van der Waals surface area contributed by atoms with Crippen molar-refractivity contribution in [3.05, 3.63) is 113 Å². The molecule has 0 N–H and O–H groups in total. The van der Waals surface area contributed by atoms with Crippen molar-refractivity contribution < 1.29 is 27.4 Å². The molecule has 5 nitrogen and oxygen atoms in total. The molecule has 1 aliphatic heterocycles. The number of aromatic nitrogens is 2.